The fraction of sp³-hybridized carbons (Fsp3) is 0.400. The van der Waals surface area contributed by atoms with Crippen LogP contribution in [-0.4, -0.2) is 36.8 Å². The van der Waals surface area contributed by atoms with E-state index in [0.717, 1.165) is 12.2 Å². The molecule has 1 unspecified atom stereocenters. The zero-order valence-electron chi connectivity index (χ0n) is 11.7. The van der Waals surface area contributed by atoms with Crippen molar-refractivity contribution >= 4 is 17.3 Å². The van der Waals surface area contributed by atoms with E-state index in [1.165, 1.54) is 0 Å². The molecular weight excluding hydrogens is 254 g/mol. The summed E-state index contributed by atoms with van der Waals surface area (Å²) in [5, 5.41) is 11.7. The first-order chi connectivity index (χ1) is 9.62. The molecule has 0 fully saturated rings. The molecule has 0 aliphatic carbocycles. The Hall–Kier alpha value is -2.03. The number of carbonyl (C=O) groups excluding carboxylic acids is 1. The van der Waals surface area contributed by atoms with E-state index in [4.69, 9.17) is 17.3 Å². The molecule has 1 rings (SSSR count). The number of amides is 1. The second-order valence-electron chi connectivity index (χ2n) is 4.35. The Morgan fingerprint density at radius 3 is 2.65 bits per heavy atom. The normalized spacial score (nSPS) is 11.5. The Labute approximate surface area is 119 Å². The van der Waals surface area contributed by atoms with Crippen molar-refractivity contribution in [2.45, 2.75) is 19.4 Å². The van der Waals surface area contributed by atoms with Gasteiger partial charge in [0.25, 0.3) is 0 Å². The van der Waals surface area contributed by atoms with Gasteiger partial charge in [-0.1, -0.05) is 0 Å². The van der Waals surface area contributed by atoms with Crippen molar-refractivity contribution in [3.63, 3.8) is 0 Å². The summed E-state index contributed by atoms with van der Waals surface area (Å²) < 4.78 is 0. The van der Waals surface area contributed by atoms with E-state index in [-0.39, 0.29) is 18.9 Å². The monoisotopic (exact) mass is 275 g/mol. The smallest absolute Gasteiger partial charge is 0.242 e. The largest absolute Gasteiger partial charge is 0.395 e. The van der Waals surface area contributed by atoms with Crippen LogP contribution in [0.5, 0.6) is 0 Å². The lowest BCUT2D eigenvalue weighted by atomic mass is 10.2. The second kappa shape index (κ2) is 8.20. The summed E-state index contributed by atoms with van der Waals surface area (Å²) in [7, 11) is 0. The third-order valence-corrected chi connectivity index (χ3v) is 2.93. The molecule has 4 N–H and O–H groups in total. The van der Waals surface area contributed by atoms with Crippen molar-refractivity contribution in [3.8, 4) is 12.3 Å². The van der Waals surface area contributed by atoms with Gasteiger partial charge >= 0.3 is 0 Å². The standard InChI is InChI=1S/C15H21N3O2/c1-3-5-14(16)15(20)17-12-6-8-13(9-7-12)18(4-2)10-11-19/h1,6-9,14,19H,4-5,10-11,16H2,2H3,(H,17,20). The van der Waals surface area contributed by atoms with E-state index >= 15 is 0 Å². The van der Waals surface area contributed by atoms with Crippen molar-refractivity contribution in [2.75, 3.05) is 29.9 Å². The minimum atomic E-state index is -0.693. The van der Waals surface area contributed by atoms with Crippen LogP contribution in [0.2, 0.25) is 0 Å². The van der Waals surface area contributed by atoms with Crippen LogP contribution in [0.3, 0.4) is 0 Å². The molecule has 1 aromatic rings. The van der Waals surface area contributed by atoms with Gasteiger partial charge in [-0.2, -0.15) is 0 Å². The van der Waals surface area contributed by atoms with E-state index in [9.17, 15) is 4.79 Å². The number of carbonyl (C=O) groups is 1. The quantitative estimate of drug-likeness (QED) is 0.643. The highest BCUT2D eigenvalue weighted by Gasteiger charge is 2.12. The Kier molecular flexibility index (Phi) is 6.57. The Morgan fingerprint density at radius 1 is 1.50 bits per heavy atom. The SMILES string of the molecule is C#CCC(N)C(=O)Nc1ccc(N(CC)CCO)cc1. The topological polar surface area (TPSA) is 78.6 Å². The van der Waals surface area contributed by atoms with Gasteiger partial charge in [0.05, 0.1) is 12.6 Å². The number of aliphatic hydroxyl groups excluding tert-OH is 1. The number of hydrogen-bond acceptors (Lipinski definition) is 4. The number of rotatable bonds is 7. The number of nitrogens with one attached hydrogen (secondary N) is 1. The molecule has 108 valence electrons. The molecule has 0 bridgehead atoms. The van der Waals surface area contributed by atoms with Crippen LogP contribution >= 0.6 is 0 Å². The lowest BCUT2D eigenvalue weighted by Gasteiger charge is -2.22. The van der Waals surface area contributed by atoms with Gasteiger partial charge in [-0.15, -0.1) is 12.3 Å². The number of benzene rings is 1. The third kappa shape index (κ3) is 4.57. The molecule has 1 amide bonds. The zero-order valence-corrected chi connectivity index (χ0v) is 11.7. The molecule has 0 aliphatic rings. The first-order valence-corrected chi connectivity index (χ1v) is 6.58. The van der Waals surface area contributed by atoms with Crippen molar-refractivity contribution in [1.82, 2.24) is 0 Å². The van der Waals surface area contributed by atoms with Crippen LogP contribution in [0.1, 0.15) is 13.3 Å². The van der Waals surface area contributed by atoms with Crippen LogP contribution in [0.15, 0.2) is 24.3 Å². The van der Waals surface area contributed by atoms with Crippen LogP contribution in [-0.2, 0) is 4.79 Å². The lowest BCUT2D eigenvalue weighted by Crippen LogP contribution is -2.35. The number of nitrogens with zero attached hydrogens (tertiary/aromatic N) is 1. The molecule has 0 saturated heterocycles. The predicted octanol–water partition coefficient (Wildman–Crippen LogP) is 0.794. The zero-order chi connectivity index (χ0) is 15.0. The van der Waals surface area contributed by atoms with Crippen LogP contribution in [0, 0.1) is 12.3 Å². The van der Waals surface area contributed by atoms with Gasteiger partial charge in [-0.3, -0.25) is 4.79 Å². The first-order valence-electron chi connectivity index (χ1n) is 6.58. The lowest BCUT2D eigenvalue weighted by molar-refractivity contribution is -0.117. The number of likely N-dealkylation sites (N-methyl/N-ethyl adjacent to an activating group) is 1. The van der Waals surface area contributed by atoms with Crippen molar-refractivity contribution in [3.05, 3.63) is 24.3 Å². The van der Waals surface area contributed by atoms with E-state index in [0.29, 0.717) is 12.2 Å². The summed E-state index contributed by atoms with van der Waals surface area (Å²) in [5.74, 6) is 2.07. The molecule has 0 aromatic heterocycles. The van der Waals surface area contributed by atoms with Crippen LogP contribution in [0.25, 0.3) is 0 Å². The fourth-order valence-corrected chi connectivity index (χ4v) is 1.80. The molecule has 0 aliphatic heterocycles. The van der Waals surface area contributed by atoms with Gasteiger partial charge in [-0.05, 0) is 31.2 Å². The van der Waals surface area contributed by atoms with Gasteiger partial charge in [0.1, 0.15) is 0 Å². The van der Waals surface area contributed by atoms with Gasteiger partial charge in [0.15, 0.2) is 0 Å². The van der Waals surface area contributed by atoms with Crippen LogP contribution in [0.4, 0.5) is 11.4 Å². The van der Waals surface area contributed by atoms with Crippen LogP contribution < -0.4 is 16.0 Å². The third-order valence-electron chi connectivity index (χ3n) is 2.93. The maximum absolute atomic E-state index is 11.7. The highest BCUT2D eigenvalue weighted by molar-refractivity contribution is 5.95. The number of nitrogens with two attached hydrogens (primary N) is 1. The summed E-state index contributed by atoms with van der Waals surface area (Å²) in [5.41, 5.74) is 7.29. The summed E-state index contributed by atoms with van der Waals surface area (Å²) >= 11 is 0. The van der Waals surface area contributed by atoms with Gasteiger partial charge in [0.2, 0.25) is 5.91 Å². The number of anilines is 2. The van der Waals surface area contributed by atoms with Gasteiger partial charge in [0, 0.05) is 30.9 Å². The average molecular weight is 275 g/mol. The van der Waals surface area contributed by atoms with E-state index < -0.39 is 6.04 Å². The van der Waals surface area contributed by atoms with Crippen molar-refractivity contribution in [1.29, 1.82) is 0 Å². The first kappa shape index (κ1) is 16.0. The predicted molar refractivity (Wildman–Crippen MR) is 81.5 cm³/mol. The summed E-state index contributed by atoms with van der Waals surface area (Å²) in [6, 6.07) is 6.69. The van der Waals surface area contributed by atoms with E-state index in [1.807, 2.05) is 24.0 Å². The molecule has 0 saturated carbocycles. The Balaban J connectivity index is 2.67. The highest BCUT2D eigenvalue weighted by Crippen LogP contribution is 2.17. The molecule has 0 radical (unpaired) electrons. The molecule has 20 heavy (non-hydrogen) atoms. The Morgan fingerprint density at radius 2 is 2.15 bits per heavy atom. The highest BCUT2D eigenvalue weighted by atomic mass is 16.3. The fourth-order valence-electron chi connectivity index (χ4n) is 1.80. The maximum atomic E-state index is 11.7. The second-order valence-corrected chi connectivity index (χ2v) is 4.35. The molecular formula is C15H21N3O2. The van der Waals surface area contributed by atoms with E-state index in [2.05, 4.69) is 11.2 Å². The molecule has 5 nitrogen and oxygen atoms in total. The van der Waals surface area contributed by atoms with Gasteiger partial charge < -0.3 is 21.1 Å². The number of hydrogen-bond donors (Lipinski definition) is 3. The van der Waals surface area contributed by atoms with Crippen molar-refractivity contribution in [2.24, 2.45) is 5.73 Å². The molecule has 1 aromatic carbocycles. The molecule has 0 heterocycles. The summed E-state index contributed by atoms with van der Waals surface area (Å²) in [6.45, 7) is 3.51. The van der Waals surface area contributed by atoms with E-state index in [1.54, 1.807) is 12.1 Å². The molecule has 5 heteroatoms. The minimum Gasteiger partial charge on any atom is -0.395 e. The maximum Gasteiger partial charge on any atom is 0.242 e. The summed E-state index contributed by atoms with van der Waals surface area (Å²) in [6.07, 6.45) is 5.33. The number of aliphatic hydroxyl groups is 1. The molecule has 1 atom stereocenters. The summed E-state index contributed by atoms with van der Waals surface area (Å²) in [4.78, 5) is 13.7. The van der Waals surface area contributed by atoms with Crippen molar-refractivity contribution < 1.29 is 9.90 Å². The average Bonchev–Trinajstić information content (AvgIpc) is 2.46. The minimum absolute atomic E-state index is 0.104. The number of terminal acetylenes is 1. The Bertz CT molecular complexity index is 465. The van der Waals surface area contributed by atoms with Gasteiger partial charge in [-0.25, -0.2) is 0 Å². The molecule has 0 spiro atoms.